The maximum absolute atomic E-state index is 12.2. The number of hydrogen-bond donors (Lipinski definition) is 1. The number of anilines is 1. The number of ether oxygens (including phenoxy) is 1. The Morgan fingerprint density at radius 1 is 1.16 bits per heavy atom. The van der Waals surface area contributed by atoms with Gasteiger partial charge in [0.05, 0.1) is 11.7 Å². The number of amides is 2. The van der Waals surface area contributed by atoms with Crippen molar-refractivity contribution in [3.8, 4) is 5.75 Å². The third-order valence-corrected chi connectivity index (χ3v) is 4.27. The van der Waals surface area contributed by atoms with Crippen molar-refractivity contribution >= 4 is 17.5 Å². The summed E-state index contributed by atoms with van der Waals surface area (Å²) in [6, 6.07) is 17.3. The van der Waals surface area contributed by atoms with Crippen LogP contribution < -0.4 is 15.0 Å². The number of benzene rings is 2. The van der Waals surface area contributed by atoms with Gasteiger partial charge in [-0.2, -0.15) is 0 Å². The number of rotatable bonds is 6. The van der Waals surface area contributed by atoms with Gasteiger partial charge in [0.1, 0.15) is 5.75 Å². The number of carbonyl (C=O) groups excluding carboxylic acids is 2. The lowest BCUT2D eigenvalue weighted by Gasteiger charge is -2.29. The molecule has 1 aliphatic heterocycles. The molecule has 0 radical (unpaired) electrons. The quantitative estimate of drug-likeness (QED) is 0.881. The minimum Gasteiger partial charge on any atom is -0.482 e. The number of fused-ring (bicyclic) bond motifs is 1. The van der Waals surface area contributed by atoms with Gasteiger partial charge in [-0.05, 0) is 31.0 Å². The molecule has 1 atom stereocenters. The summed E-state index contributed by atoms with van der Waals surface area (Å²) in [5.74, 6) is 0.631. The molecule has 2 aromatic rings. The van der Waals surface area contributed by atoms with Gasteiger partial charge in [-0.1, -0.05) is 42.5 Å². The molecule has 0 spiro atoms. The zero-order valence-electron chi connectivity index (χ0n) is 14.3. The lowest BCUT2D eigenvalue weighted by atomic mass is 10.1. The van der Waals surface area contributed by atoms with E-state index in [-0.39, 0.29) is 24.5 Å². The van der Waals surface area contributed by atoms with Gasteiger partial charge in [0.2, 0.25) is 5.91 Å². The van der Waals surface area contributed by atoms with E-state index >= 15 is 0 Å². The molecule has 5 heteroatoms. The molecule has 3 rings (SSSR count). The zero-order valence-corrected chi connectivity index (χ0v) is 14.3. The summed E-state index contributed by atoms with van der Waals surface area (Å²) in [5.41, 5.74) is 1.85. The monoisotopic (exact) mass is 338 g/mol. The van der Waals surface area contributed by atoms with Crippen LogP contribution in [0.3, 0.4) is 0 Å². The van der Waals surface area contributed by atoms with E-state index in [1.54, 1.807) is 4.90 Å². The van der Waals surface area contributed by atoms with Crippen LogP contribution in [-0.4, -0.2) is 25.0 Å². The van der Waals surface area contributed by atoms with E-state index in [9.17, 15) is 9.59 Å². The predicted molar refractivity (Wildman–Crippen MR) is 96.5 cm³/mol. The average molecular weight is 338 g/mol. The molecule has 2 amide bonds. The van der Waals surface area contributed by atoms with Crippen LogP contribution >= 0.6 is 0 Å². The first kappa shape index (κ1) is 17.0. The third kappa shape index (κ3) is 4.18. The minimum atomic E-state index is -0.0724. The lowest BCUT2D eigenvalue weighted by molar-refractivity contribution is -0.123. The van der Waals surface area contributed by atoms with E-state index in [0.717, 1.165) is 11.3 Å². The molecule has 25 heavy (non-hydrogen) atoms. The molecule has 2 aromatic carbocycles. The first-order valence-corrected chi connectivity index (χ1v) is 8.51. The fraction of sp³-hybridized carbons (Fsp3) is 0.300. The van der Waals surface area contributed by atoms with Crippen molar-refractivity contribution in [3.63, 3.8) is 0 Å². The Morgan fingerprint density at radius 3 is 2.68 bits per heavy atom. The van der Waals surface area contributed by atoms with Crippen molar-refractivity contribution in [2.45, 2.75) is 25.8 Å². The molecule has 0 saturated heterocycles. The molecule has 1 N–H and O–H groups in total. The van der Waals surface area contributed by atoms with Crippen molar-refractivity contribution in [2.24, 2.45) is 0 Å². The molecular weight excluding hydrogens is 316 g/mol. The fourth-order valence-electron chi connectivity index (χ4n) is 2.94. The second-order valence-electron chi connectivity index (χ2n) is 6.11. The Hall–Kier alpha value is -2.82. The van der Waals surface area contributed by atoms with Crippen molar-refractivity contribution in [1.82, 2.24) is 5.32 Å². The highest BCUT2D eigenvalue weighted by Gasteiger charge is 2.24. The second-order valence-corrected chi connectivity index (χ2v) is 6.11. The van der Waals surface area contributed by atoms with Gasteiger partial charge >= 0.3 is 0 Å². The van der Waals surface area contributed by atoms with Gasteiger partial charge in [-0.15, -0.1) is 0 Å². The maximum Gasteiger partial charge on any atom is 0.265 e. The molecule has 0 saturated carbocycles. The Labute approximate surface area is 147 Å². The summed E-state index contributed by atoms with van der Waals surface area (Å²) in [5, 5.41) is 3.00. The molecule has 130 valence electrons. The predicted octanol–water partition coefficient (Wildman–Crippen LogP) is 3.07. The standard InChI is InChI=1S/C20H22N2O3/c1-15(16-8-3-2-4-9-16)21-19(23)12-7-13-22-17-10-5-6-11-18(17)25-14-20(22)24/h2-6,8-11,15H,7,12-14H2,1H3,(H,21,23)/t15-/m1/s1. The Bertz CT molecular complexity index is 746. The molecular formula is C20H22N2O3. The van der Waals surface area contributed by atoms with Crippen LogP contribution in [0.4, 0.5) is 5.69 Å². The van der Waals surface area contributed by atoms with Crippen LogP contribution in [0.25, 0.3) is 0 Å². The number of para-hydroxylation sites is 2. The van der Waals surface area contributed by atoms with Crippen molar-refractivity contribution in [3.05, 3.63) is 60.2 Å². The Morgan fingerprint density at radius 2 is 1.88 bits per heavy atom. The largest absolute Gasteiger partial charge is 0.482 e. The lowest BCUT2D eigenvalue weighted by Crippen LogP contribution is -2.39. The first-order valence-electron chi connectivity index (χ1n) is 8.51. The minimum absolute atomic E-state index is 0.00894. The number of hydrogen-bond acceptors (Lipinski definition) is 3. The van der Waals surface area contributed by atoms with Crippen LogP contribution in [0.1, 0.15) is 31.4 Å². The summed E-state index contributed by atoms with van der Waals surface area (Å²) in [4.78, 5) is 26.0. The summed E-state index contributed by atoms with van der Waals surface area (Å²) >= 11 is 0. The molecule has 0 bridgehead atoms. The number of nitrogens with one attached hydrogen (secondary N) is 1. The van der Waals surface area contributed by atoms with E-state index in [4.69, 9.17) is 4.74 Å². The van der Waals surface area contributed by atoms with Gasteiger partial charge in [0.25, 0.3) is 5.91 Å². The van der Waals surface area contributed by atoms with E-state index in [2.05, 4.69) is 5.32 Å². The highest BCUT2D eigenvalue weighted by atomic mass is 16.5. The molecule has 0 fully saturated rings. The van der Waals surface area contributed by atoms with Crippen molar-refractivity contribution in [1.29, 1.82) is 0 Å². The third-order valence-electron chi connectivity index (χ3n) is 4.27. The van der Waals surface area contributed by atoms with Gasteiger partial charge in [0.15, 0.2) is 6.61 Å². The van der Waals surface area contributed by atoms with Crippen molar-refractivity contribution < 1.29 is 14.3 Å². The maximum atomic E-state index is 12.2. The number of carbonyl (C=O) groups is 2. The fourth-order valence-corrected chi connectivity index (χ4v) is 2.94. The Kier molecular flexibility index (Phi) is 5.33. The molecule has 0 aliphatic carbocycles. The van der Waals surface area contributed by atoms with Gasteiger partial charge in [-0.25, -0.2) is 0 Å². The molecule has 1 heterocycles. The van der Waals surface area contributed by atoms with Crippen molar-refractivity contribution in [2.75, 3.05) is 18.1 Å². The smallest absolute Gasteiger partial charge is 0.265 e. The number of nitrogens with zero attached hydrogens (tertiary/aromatic N) is 1. The van der Waals surface area contributed by atoms with E-state index in [1.807, 2.05) is 61.5 Å². The topological polar surface area (TPSA) is 58.6 Å². The van der Waals surface area contributed by atoms with Crippen LogP contribution in [-0.2, 0) is 9.59 Å². The van der Waals surface area contributed by atoms with E-state index in [1.165, 1.54) is 0 Å². The van der Waals surface area contributed by atoms with Crippen LogP contribution in [0.5, 0.6) is 5.75 Å². The van der Waals surface area contributed by atoms with Gasteiger partial charge in [0, 0.05) is 13.0 Å². The van der Waals surface area contributed by atoms with E-state index < -0.39 is 0 Å². The first-order chi connectivity index (χ1) is 12.1. The SMILES string of the molecule is C[C@@H](NC(=O)CCCN1C(=O)COc2ccccc21)c1ccccc1. The van der Waals surface area contributed by atoms with Crippen LogP contribution in [0, 0.1) is 0 Å². The normalized spacial score (nSPS) is 14.4. The summed E-state index contributed by atoms with van der Waals surface area (Å²) < 4.78 is 5.42. The highest BCUT2D eigenvalue weighted by molar-refractivity contribution is 5.97. The zero-order chi connectivity index (χ0) is 17.6. The van der Waals surface area contributed by atoms with Crippen LogP contribution in [0.2, 0.25) is 0 Å². The van der Waals surface area contributed by atoms with E-state index in [0.29, 0.717) is 25.1 Å². The molecule has 1 aliphatic rings. The summed E-state index contributed by atoms with van der Waals surface area (Å²) in [6.45, 7) is 2.52. The van der Waals surface area contributed by atoms with Gasteiger partial charge < -0.3 is 15.0 Å². The summed E-state index contributed by atoms with van der Waals surface area (Å²) in [7, 11) is 0. The average Bonchev–Trinajstić information content (AvgIpc) is 2.64. The molecule has 0 unspecified atom stereocenters. The Balaban J connectivity index is 1.51. The van der Waals surface area contributed by atoms with Gasteiger partial charge in [-0.3, -0.25) is 9.59 Å². The highest BCUT2D eigenvalue weighted by Crippen LogP contribution is 2.31. The molecule has 5 nitrogen and oxygen atoms in total. The molecule has 0 aromatic heterocycles. The second kappa shape index (κ2) is 7.83. The van der Waals surface area contributed by atoms with Crippen LogP contribution in [0.15, 0.2) is 54.6 Å². The summed E-state index contributed by atoms with van der Waals surface area (Å²) in [6.07, 6.45) is 0.984.